The van der Waals surface area contributed by atoms with E-state index in [1.54, 1.807) is 6.07 Å². The third-order valence-electron chi connectivity index (χ3n) is 6.91. The van der Waals surface area contributed by atoms with Gasteiger partial charge in [0, 0.05) is 37.2 Å². The quantitative estimate of drug-likeness (QED) is 0.769. The molecule has 1 fully saturated rings. The van der Waals surface area contributed by atoms with Crippen molar-refractivity contribution in [1.82, 2.24) is 9.88 Å². The fraction of sp³-hybridized carbons (Fsp3) is 0.417. The van der Waals surface area contributed by atoms with Crippen molar-refractivity contribution >= 4 is 28.3 Å². The maximum atomic E-state index is 12.2. The van der Waals surface area contributed by atoms with E-state index in [-0.39, 0.29) is 11.5 Å². The van der Waals surface area contributed by atoms with Crippen LogP contribution in [0.15, 0.2) is 30.9 Å². The summed E-state index contributed by atoms with van der Waals surface area (Å²) in [6.45, 7) is 5.68. The number of ether oxygens (including phenoxy) is 1. The lowest BCUT2D eigenvalue weighted by atomic mass is 9.79. The number of hydrogen-bond donors (Lipinski definition) is 2. The highest BCUT2D eigenvalue weighted by Crippen LogP contribution is 2.43. The van der Waals surface area contributed by atoms with E-state index in [0.717, 1.165) is 67.2 Å². The molecule has 0 radical (unpaired) electrons. The van der Waals surface area contributed by atoms with Crippen LogP contribution in [0.1, 0.15) is 52.9 Å². The van der Waals surface area contributed by atoms with Crippen LogP contribution in [0.5, 0.6) is 0 Å². The Morgan fingerprint density at radius 3 is 2.90 bits per heavy atom. The second-order valence-corrected chi connectivity index (χ2v) is 8.65. The van der Waals surface area contributed by atoms with Gasteiger partial charge in [-0.05, 0) is 60.9 Å². The highest BCUT2D eigenvalue weighted by molar-refractivity contribution is 6.09. The van der Waals surface area contributed by atoms with E-state index in [1.165, 1.54) is 17.3 Å². The molecule has 1 aliphatic carbocycles. The summed E-state index contributed by atoms with van der Waals surface area (Å²) in [5.74, 6) is -0.488. The fourth-order valence-electron chi connectivity index (χ4n) is 5.42. The number of hydrogen-bond acceptors (Lipinski definition) is 3. The number of aryl methyl sites for hydroxylation is 1. The first-order valence-corrected chi connectivity index (χ1v) is 10.7. The number of fused-ring (bicyclic) bond motifs is 3. The molecule has 1 aromatic carbocycles. The fourth-order valence-corrected chi connectivity index (χ4v) is 5.42. The van der Waals surface area contributed by atoms with Crippen molar-refractivity contribution in [1.29, 1.82) is 0 Å². The van der Waals surface area contributed by atoms with Gasteiger partial charge >= 0.3 is 0 Å². The summed E-state index contributed by atoms with van der Waals surface area (Å²) in [6.07, 6.45) is 9.30. The molecule has 0 bridgehead atoms. The van der Waals surface area contributed by atoms with Gasteiger partial charge in [-0.1, -0.05) is 18.7 Å². The largest absolute Gasteiger partial charge is 0.375 e. The molecule has 156 valence electrons. The summed E-state index contributed by atoms with van der Waals surface area (Å²) in [5.41, 5.74) is 11.5. The molecule has 3 aliphatic rings. The van der Waals surface area contributed by atoms with Crippen molar-refractivity contribution < 1.29 is 14.3 Å². The number of H-pyrrole nitrogens is 1. The van der Waals surface area contributed by atoms with Gasteiger partial charge < -0.3 is 20.4 Å². The van der Waals surface area contributed by atoms with Gasteiger partial charge in [0.2, 0.25) is 5.91 Å². The number of amides is 2. The van der Waals surface area contributed by atoms with Gasteiger partial charge in [-0.3, -0.25) is 9.59 Å². The molecule has 1 unspecified atom stereocenters. The molecule has 2 aliphatic heterocycles. The van der Waals surface area contributed by atoms with Crippen LogP contribution < -0.4 is 5.73 Å². The second-order valence-electron chi connectivity index (χ2n) is 8.65. The van der Waals surface area contributed by atoms with Gasteiger partial charge in [-0.2, -0.15) is 0 Å². The van der Waals surface area contributed by atoms with Crippen molar-refractivity contribution in [2.45, 2.75) is 44.1 Å². The Hall–Kier alpha value is -2.86. The lowest BCUT2D eigenvalue weighted by molar-refractivity contribution is -0.125. The molecular formula is C24H27N3O3. The number of nitrogens with one attached hydrogen (secondary N) is 1. The van der Waals surface area contributed by atoms with Crippen molar-refractivity contribution in [2.75, 3.05) is 19.7 Å². The van der Waals surface area contributed by atoms with Crippen molar-refractivity contribution in [3.63, 3.8) is 0 Å². The molecule has 2 aromatic rings. The first kappa shape index (κ1) is 19.1. The Kier molecular flexibility index (Phi) is 4.54. The Bertz CT molecular complexity index is 1090. The normalized spacial score (nSPS) is 23.5. The van der Waals surface area contributed by atoms with Gasteiger partial charge in [0.1, 0.15) is 0 Å². The summed E-state index contributed by atoms with van der Waals surface area (Å²) in [4.78, 5) is 29.7. The minimum atomic E-state index is -0.432. The molecule has 3 heterocycles. The predicted octanol–water partition coefficient (Wildman–Crippen LogP) is 3.11. The topological polar surface area (TPSA) is 88.4 Å². The van der Waals surface area contributed by atoms with E-state index < -0.39 is 5.91 Å². The summed E-state index contributed by atoms with van der Waals surface area (Å²) >= 11 is 0. The maximum Gasteiger partial charge on any atom is 0.250 e. The summed E-state index contributed by atoms with van der Waals surface area (Å²) in [6, 6.07) is 3.79. The molecule has 1 saturated heterocycles. The molecule has 6 heteroatoms. The smallest absolute Gasteiger partial charge is 0.250 e. The Balaban J connectivity index is 1.66. The summed E-state index contributed by atoms with van der Waals surface area (Å²) in [5, 5.41) is 1.06. The van der Waals surface area contributed by atoms with Gasteiger partial charge in [0.25, 0.3) is 5.91 Å². The highest BCUT2D eigenvalue weighted by atomic mass is 16.5. The third-order valence-corrected chi connectivity index (χ3v) is 6.91. The van der Waals surface area contributed by atoms with E-state index >= 15 is 0 Å². The molecule has 6 nitrogen and oxygen atoms in total. The van der Waals surface area contributed by atoms with E-state index in [0.29, 0.717) is 18.7 Å². The predicted molar refractivity (Wildman–Crippen MR) is 116 cm³/mol. The number of rotatable bonds is 3. The van der Waals surface area contributed by atoms with E-state index in [9.17, 15) is 9.59 Å². The van der Waals surface area contributed by atoms with Gasteiger partial charge in [0.05, 0.1) is 16.7 Å². The second kappa shape index (κ2) is 7.13. The van der Waals surface area contributed by atoms with Crippen molar-refractivity contribution in [3.05, 3.63) is 53.2 Å². The average molecular weight is 405 g/mol. The molecular weight excluding hydrogens is 378 g/mol. The average Bonchev–Trinajstić information content (AvgIpc) is 3.37. The standard InChI is InChI=1S/C24H27N3O3/c1-2-20(28)27-11-3-5-15(14-27)16-6-7-17(23(25)29)22-21(16)18-13-24(9-4-12-30-24)10-8-19(18)26-22/h2,5-7,26H,1,3-4,8-14H2,(H2,25,29). The molecule has 1 spiro atoms. The van der Waals surface area contributed by atoms with E-state index in [1.807, 2.05) is 11.0 Å². The van der Waals surface area contributed by atoms with E-state index in [2.05, 4.69) is 17.6 Å². The van der Waals surface area contributed by atoms with Crippen LogP contribution in [-0.4, -0.2) is 47.0 Å². The van der Waals surface area contributed by atoms with Crippen LogP contribution in [-0.2, 0) is 22.4 Å². The molecule has 5 rings (SSSR count). The van der Waals surface area contributed by atoms with Crippen LogP contribution in [0.2, 0.25) is 0 Å². The minimum Gasteiger partial charge on any atom is -0.375 e. The number of carbonyl (C=O) groups excluding carboxylic acids is 2. The van der Waals surface area contributed by atoms with Crippen molar-refractivity contribution in [2.24, 2.45) is 5.73 Å². The van der Waals surface area contributed by atoms with Crippen LogP contribution in [0.25, 0.3) is 16.5 Å². The molecule has 30 heavy (non-hydrogen) atoms. The van der Waals surface area contributed by atoms with Crippen LogP contribution >= 0.6 is 0 Å². The first-order valence-electron chi connectivity index (χ1n) is 10.7. The number of nitrogens with two attached hydrogens (primary N) is 1. The first-order chi connectivity index (χ1) is 14.5. The molecule has 2 amide bonds. The number of nitrogens with zero attached hydrogens (tertiary/aromatic N) is 1. The van der Waals surface area contributed by atoms with Crippen LogP contribution in [0.4, 0.5) is 0 Å². The lowest BCUT2D eigenvalue weighted by Gasteiger charge is -2.33. The van der Waals surface area contributed by atoms with Gasteiger partial charge in [0.15, 0.2) is 0 Å². The maximum absolute atomic E-state index is 12.2. The van der Waals surface area contributed by atoms with Crippen molar-refractivity contribution in [3.8, 4) is 0 Å². The number of aromatic nitrogens is 1. The zero-order valence-corrected chi connectivity index (χ0v) is 17.1. The van der Waals surface area contributed by atoms with Gasteiger partial charge in [-0.25, -0.2) is 0 Å². The zero-order chi connectivity index (χ0) is 20.9. The Morgan fingerprint density at radius 2 is 2.17 bits per heavy atom. The number of carbonyl (C=O) groups is 2. The monoisotopic (exact) mass is 405 g/mol. The van der Waals surface area contributed by atoms with Crippen LogP contribution in [0, 0.1) is 0 Å². The van der Waals surface area contributed by atoms with E-state index in [4.69, 9.17) is 10.5 Å². The van der Waals surface area contributed by atoms with Crippen LogP contribution in [0.3, 0.4) is 0 Å². The Labute approximate surface area is 175 Å². The van der Waals surface area contributed by atoms with Gasteiger partial charge in [-0.15, -0.1) is 0 Å². The molecule has 0 saturated carbocycles. The molecule has 1 atom stereocenters. The summed E-state index contributed by atoms with van der Waals surface area (Å²) in [7, 11) is 0. The lowest BCUT2D eigenvalue weighted by Crippen LogP contribution is -2.35. The minimum absolute atomic E-state index is 0.0555. The molecule has 3 N–H and O–H groups in total. The summed E-state index contributed by atoms with van der Waals surface area (Å²) < 4.78 is 6.20. The number of benzene rings is 1. The number of aromatic amines is 1. The number of primary amides is 1. The molecule has 1 aromatic heterocycles. The SMILES string of the molecule is C=CC(=O)N1CCC=C(c2ccc(C(N)=O)c3[nH]c4c(c23)CC2(CCCO2)CC4)C1. The zero-order valence-electron chi connectivity index (χ0n) is 17.1. The highest BCUT2D eigenvalue weighted by Gasteiger charge is 2.40. The third kappa shape index (κ3) is 2.98. The Morgan fingerprint density at radius 1 is 1.30 bits per heavy atom.